The number of hydrogen-bond donors (Lipinski definition) is 0. The van der Waals surface area contributed by atoms with Gasteiger partial charge >= 0.3 is 0 Å². The molecule has 0 atom stereocenters. The lowest BCUT2D eigenvalue weighted by atomic mass is 9.91. The predicted octanol–water partition coefficient (Wildman–Crippen LogP) is 1.93. The Bertz CT molecular complexity index is 297. The number of hydrogen-bond acceptors (Lipinski definition) is 1. The Hall–Kier alpha value is -0.790. The van der Waals surface area contributed by atoms with Crippen LogP contribution in [0.1, 0.15) is 38.4 Å². The van der Waals surface area contributed by atoms with Crippen molar-refractivity contribution in [1.82, 2.24) is 9.78 Å². The molecule has 0 unspecified atom stereocenters. The molecule has 2 nitrogen and oxygen atoms in total. The van der Waals surface area contributed by atoms with Gasteiger partial charge < -0.3 is 0 Å². The van der Waals surface area contributed by atoms with Gasteiger partial charge in [0.1, 0.15) is 6.20 Å². The van der Waals surface area contributed by atoms with Crippen molar-refractivity contribution in [3.63, 3.8) is 0 Å². The van der Waals surface area contributed by atoms with Crippen molar-refractivity contribution >= 4 is 0 Å². The van der Waals surface area contributed by atoms with Gasteiger partial charge in [0.05, 0.1) is 0 Å². The van der Waals surface area contributed by atoms with E-state index in [1.54, 1.807) is 0 Å². The van der Waals surface area contributed by atoms with Crippen LogP contribution in [0.25, 0.3) is 0 Å². The Balaban J connectivity index is 2.53. The third-order valence-electron chi connectivity index (χ3n) is 2.79. The molecular formula is C10H15N2. The summed E-state index contributed by atoms with van der Waals surface area (Å²) in [5, 5.41) is 4.24. The Morgan fingerprint density at radius 3 is 3.00 bits per heavy atom. The Morgan fingerprint density at radius 2 is 2.33 bits per heavy atom. The van der Waals surface area contributed by atoms with Crippen LogP contribution in [0, 0.1) is 6.20 Å². The van der Waals surface area contributed by atoms with E-state index in [2.05, 4.69) is 36.7 Å². The lowest BCUT2D eigenvalue weighted by molar-refractivity contribution is 0.460. The number of rotatable bonds is 1. The Morgan fingerprint density at radius 1 is 1.58 bits per heavy atom. The third-order valence-corrected chi connectivity index (χ3v) is 2.79. The minimum atomic E-state index is 0.318. The van der Waals surface area contributed by atoms with E-state index in [1.165, 1.54) is 17.7 Å². The minimum absolute atomic E-state index is 0.318. The summed E-state index contributed by atoms with van der Waals surface area (Å²) in [4.78, 5) is 0. The molecule has 2 rings (SSSR count). The first-order chi connectivity index (χ1) is 5.65. The second kappa shape index (κ2) is 2.35. The van der Waals surface area contributed by atoms with Crippen LogP contribution in [-0.4, -0.2) is 9.78 Å². The molecule has 0 fully saturated rings. The van der Waals surface area contributed by atoms with Crippen molar-refractivity contribution in [2.24, 2.45) is 0 Å². The first kappa shape index (κ1) is 7.84. The molecule has 1 aliphatic rings. The normalized spacial score (nSPS) is 19.6. The molecule has 1 aliphatic carbocycles. The molecule has 1 heterocycles. The molecule has 2 heteroatoms. The fourth-order valence-corrected chi connectivity index (χ4v) is 2.10. The lowest BCUT2D eigenvalue weighted by Crippen LogP contribution is -2.18. The molecule has 0 saturated carbocycles. The molecule has 0 bridgehead atoms. The van der Waals surface area contributed by atoms with Crippen molar-refractivity contribution in [2.75, 3.05) is 0 Å². The van der Waals surface area contributed by atoms with E-state index in [0.29, 0.717) is 5.41 Å². The average molecular weight is 163 g/mol. The van der Waals surface area contributed by atoms with Crippen LogP contribution in [0.5, 0.6) is 0 Å². The summed E-state index contributed by atoms with van der Waals surface area (Å²) >= 11 is 0. The van der Waals surface area contributed by atoms with Crippen molar-refractivity contribution in [2.45, 2.75) is 45.6 Å². The highest BCUT2D eigenvalue weighted by molar-refractivity contribution is 5.30. The molecule has 0 aromatic carbocycles. The molecule has 65 valence electrons. The summed E-state index contributed by atoms with van der Waals surface area (Å²) in [5.74, 6) is 0. The van der Waals surface area contributed by atoms with Gasteiger partial charge in [-0.3, -0.25) is 4.68 Å². The van der Waals surface area contributed by atoms with Gasteiger partial charge in [-0.2, -0.15) is 5.10 Å². The second-order valence-electron chi connectivity index (χ2n) is 4.14. The maximum Gasteiger partial charge on any atom is 0.116 e. The molecule has 1 aromatic rings. The molecule has 1 radical (unpaired) electrons. The highest BCUT2D eigenvalue weighted by atomic mass is 15.3. The van der Waals surface area contributed by atoms with E-state index >= 15 is 0 Å². The van der Waals surface area contributed by atoms with Gasteiger partial charge in [-0.15, -0.1) is 0 Å². The summed E-state index contributed by atoms with van der Waals surface area (Å²) in [7, 11) is 0. The topological polar surface area (TPSA) is 17.8 Å². The monoisotopic (exact) mass is 163 g/mol. The smallest absolute Gasteiger partial charge is 0.116 e. The van der Waals surface area contributed by atoms with E-state index < -0.39 is 0 Å². The molecule has 0 saturated heterocycles. The number of aryl methyl sites for hydroxylation is 2. The maximum atomic E-state index is 4.24. The van der Waals surface area contributed by atoms with Crippen molar-refractivity contribution in [3.05, 3.63) is 17.5 Å². The van der Waals surface area contributed by atoms with Gasteiger partial charge in [-0.1, -0.05) is 13.8 Å². The summed E-state index contributed by atoms with van der Waals surface area (Å²) < 4.78 is 2.09. The molecule has 0 aliphatic heterocycles. The zero-order valence-corrected chi connectivity index (χ0v) is 8.02. The highest BCUT2D eigenvalue weighted by Crippen LogP contribution is 2.37. The van der Waals surface area contributed by atoms with E-state index in [9.17, 15) is 0 Å². The van der Waals surface area contributed by atoms with Crippen LogP contribution in [0.2, 0.25) is 0 Å². The highest BCUT2D eigenvalue weighted by Gasteiger charge is 2.33. The van der Waals surface area contributed by atoms with Crippen LogP contribution < -0.4 is 0 Å². The minimum Gasteiger partial charge on any atom is -0.268 e. The van der Waals surface area contributed by atoms with Gasteiger partial charge in [0.15, 0.2) is 0 Å². The van der Waals surface area contributed by atoms with Gasteiger partial charge in [0.2, 0.25) is 0 Å². The van der Waals surface area contributed by atoms with Gasteiger partial charge in [-0.05, 0) is 19.8 Å². The molecule has 1 aromatic heterocycles. The van der Waals surface area contributed by atoms with Crippen molar-refractivity contribution in [3.8, 4) is 0 Å². The Kier molecular flexibility index (Phi) is 1.53. The first-order valence-corrected chi connectivity index (χ1v) is 4.63. The van der Waals surface area contributed by atoms with E-state index in [-0.39, 0.29) is 0 Å². The lowest BCUT2D eigenvalue weighted by Gasteiger charge is -2.19. The van der Waals surface area contributed by atoms with Crippen LogP contribution >= 0.6 is 0 Å². The van der Waals surface area contributed by atoms with E-state index in [4.69, 9.17) is 0 Å². The average Bonchev–Trinajstić information content (AvgIpc) is 2.53. The van der Waals surface area contributed by atoms with Gasteiger partial charge in [-0.25, -0.2) is 0 Å². The number of fused-ring (bicyclic) bond motifs is 1. The van der Waals surface area contributed by atoms with Crippen LogP contribution in [0.15, 0.2) is 0 Å². The van der Waals surface area contributed by atoms with Crippen LogP contribution in [-0.2, 0) is 18.4 Å². The summed E-state index contributed by atoms with van der Waals surface area (Å²) in [6, 6.07) is 0. The summed E-state index contributed by atoms with van der Waals surface area (Å²) in [6.45, 7) is 7.69. The van der Waals surface area contributed by atoms with Crippen LogP contribution in [0.3, 0.4) is 0 Å². The fourth-order valence-electron chi connectivity index (χ4n) is 2.10. The van der Waals surface area contributed by atoms with Gasteiger partial charge in [0.25, 0.3) is 0 Å². The van der Waals surface area contributed by atoms with Gasteiger partial charge in [0, 0.05) is 23.2 Å². The zero-order valence-electron chi connectivity index (χ0n) is 8.02. The Labute approximate surface area is 73.6 Å². The maximum absolute atomic E-state index is 4.24. The molecule has 12 heavy (non-hydrogen) atoms. The molecule has 0 amide bonds. The fraction of sp³-hybridized carbons (Fsp3) is 0.700. The number of nitrogens with zero attached hydrogens (tertiary/aromatic N) is 2. The zero-order chi connectivity index (χ0) is 8.77. The summed E-state index contributed by atoms with van der Waals surface area (Å²) in [5.41, 5.74) is 3.06. The number of aromatic nitrogens is 2. The quantitative estimate of drug-likeness (QED) is 0.618. The molecule has 0 N–H and O–H groups in total. The standard InChI is InChI=1S/C10H15N2/c1-4-12-9-8(7-11-12)5-6-10(9,2)3/h4-6H2,1-3H3. The predicted molar refractivity (Wildman–Crippen MR) is 48.1 cm³/mol. The molecular weight excluding hydrogens is 148 g/mol. The largest absolute Gasteiger partial charge is 0.268 e. The van der Waals surface area contributed by atoms with Crippen molar-refractivity contribution < 1.29 is 0 Å². The molecule has 0 spiro atoms. The second-order valence-corrected chi connectivity index (χ2v) is 4.14. The SMILES string of the molecule is CCn1n[c]c2c1C(C)(C)CC2. The van der Waals surface area contributed by atoms with E-state index in [0.717, 1.165) is 13.0 Å². The first-order valence-electron chi connectivity index (χ1n) is 4.63. The van der Waals surface area contributed by atoms with E-state index in [1.807, 2.05) is 0 Å². The third kappa shape index (κ3) is 0.904. The van der Waals surface area contributed by atoms with Crippen molar-refractivity contribution in [1.29, 1.82) is 0 Å². The summed E-state index contributed by atoms with van der Waals surface area (Å²) in [6.07, 6.45) is 5.51. The van der Waals surface area contributed by atoms with Crippen LogP contribution in [0.4, 0.5) is 0 Å².